The smallest absolute Gasteiger partial charge is 0.253 e. The molecule has 0 unspecified atom stereocenters. The van der Waals surface area contributed by atoms with Crippen LogP contribution in [-0.2, 0) is 0 Å². The highest BCUT2D eigenvalue weighted by Gasteiger charge is 2.28. The van der Waals surface area contributed by atoms with Crippen LogP contribution in [0.5, 0.6) is 0 Å². The SMILES string of the molecule is Cc1nc2ccc(C(=O)N3CCC[C@H](c4[nH]ncc4-c4ccncc4)C3)cc2nc1C. The van der Waals surface area contributed by atoms with Gasteiger partial charge in [-0.1, -0.05) is 0 Å². The van der Waals surface area contributed by atoms with E-state index in [1.807, 2.05) is 55.3 Å². The molecule has 1 aromatic carbocycles. The van der Waals surface area contributed by atoms with E-state index in [0.29, 0.717) is 12.1 Å². The molecule has 156 valence electrons. The van der Waals surface area contributed by atoms with E-state index in [0.717, 1.165) is 58.6 Å². The Labute approximate surface area is 180 Å². The molecule has 31 heavy (non-hydrogen) atoms. The molecule has 1 atom stereocenters. The van der Waals surface area contributed by atoms with Crippen molar-refractivity contribution in [2.24, 2.45) is 0 Å². The summed E-state index contributed by atoms with van der Waals surface area (Å²) in [5.41, 5.74) is 7.28. The van der Waals surface area contributed by atoms with Gasteiger partial charge in [-0.15, -0.1) is 0 Å². The van der Waals surface area contributed by atoms with Gasteiger partial charge >= 0.3 is 0 Å². The number of aromatic nitrogens is 5. The van der Waals surface area contributed by atoms with Crippen LogP contribution in [0.3, 0.4) is 0 Å². The Balaban J connectivity index is 1.40. The molecule has 0 saturated carbocycles. The lowest BCUT2D eigenvalue weighted by molar-refractivity contribution is 0.0706. The average Bonchev–Trinajstić information content (AvgIpc) is 3.30. The third-order valence-electron chi connectivity index (χ3n) is 6.10. The summed E-state index contributed by atoms with van der Waals surface area (Å²) in [6.45, 7) is 5.31. The second-order valence-corrected chi connectivity index (χ2v) is 8.12. The van der Waals surface area contributed by atoms with Crippen molar-refractivity contribution in [2.75, 3.05) is 13.1 Å². The molecule has 1 amide bonds. The van der Waals surface area contributed by atoms with E-state index >= 15 is 0 Å². The van der Waals surface area contributed by atoms with E-state index < -0.39 is 0 Å². The zero-order valence-corrected chi connectivity index (χ0v) is 17.7. The monoisotopic (exact) mass is 412 g/mol. The number of carbonyl (C=O) groups excluding carboxylic acids is 1. The van der Waals surface area contributed by atoms with Crippen LogP contribution in [0.25, 0.3) is 22.2 Å². The highest BCUT2D eigenvalue weighted by Crippen LogP contribution is 2.33. The zero-order valence-electron chi connectivity index (χ0n) is 17.7. The number of H-pyrrole nitrogens is 1. The maximum atomic E-state index is 13.3. The van der Waals surface area contributed by atoms with Gasteiger partial charge in [-0.2, -0.15) is 5.10 Å². The molecule has 3 aromatic heterocycles. The number of nitrogens with zero attached hydrogens (tertiary/aromatic N) is 5. The fraction of sp³-hybridized carbons (Fsp3) is 0.292. The first-order chi connectivity index (χ1) is 15.1. The third-order valence-corrected chi connectivity index (χ3v) is 6.10. The normalized spacial score (nSPS) is 16.6. The van der Waals surface area contributed by atoms with E-state index in [1.165, 1.54) is 0 Å². The minimum atomic E-state index is 0.0385. The summed E-state index contributed by atoms with van der Waals surface area (Å²) in [5.74, 6) is 0.255. The van der Waals surface area contributed by atoms with E-state index in [1.54, 1.807) is 12.4 Å². The third kappa shape index (κ3) is 3.67. The van der Waals surface area contributed by atoms with Crippen LogP contribution in [0.1, 0.15) is 46.2 Å². The summed E-state index contributed by atoms with van der Waals surface area (Å²) in [5, 5.41) is 7.47. The van der Waals surface area contributed by atoms with Crippen LogP contribution < -0.4 is 0 Å². The standard InChI is InChI=1S/C24H24N6O/c1-15-16(2)28-22-12-18(5-6-21(22)27-15)24(31)30-11-3-4-19(14-30)23-20(13-26-29-23)17-7-9-25-10-8-17/h5-10,12-13,19H,3-4,11,14H2,1-2H3,(H,26,29)/t19-/m0/s1. The molecule has 4 aromatic rings. The number of piperidine rings is 1. The number of nitrogens with one attached hydrogen (secondary N) is 1. The lowest BCUT2D eigenvalue weighted by Gasteiger charge is -2.33. The topological polar surface area (TPSA) is 87.7 Å². The molecule has 7 heteroatoms. The lowest BCUT2D eigenvalue weighted by atomic mass is 9.90. The number of rotatable bonds is 3. The Bertz CT molecular complexity index is 1250. The van der Waals surface area contributed by atoms with Gasteiger partial charge in [0.2, 0.25) is 0 Å². The van der Waals surface area contributed by atoms with E-state index in [-0.39, 0.29) is 11.8 Å². The van der Waals surface area contributed by atoms with Crippen molar-refractivity contribution >= 4 is 16.9 Å². The van der Waals surface area contributed by atoms with Gasteiger partial charge in [-0.3, -0.25) is 14.9 Å². The summed E-state index contributed by atoms with van der Waals surface area (Å²) >= 11 is 0. The number of hydrogen-bond acceptors (Lipinski definition) is 5. The van der Waals surface area contributed by atoms with Crippen molar-refractivity contribution in [2.45, 2.75) is 32.6 Å². The van der Waals surface area contributed by atoms with Crippen LogP contribution in [0.4, 0.5) is 0 Å². The molecular weight excluding hydrogens is 388 g/mol. The number of carbonyl (C=O) groups is 1. The van der Waals surface area contributed by atoms with Crippen LogP contribution >= 0.6 is 0 Å². The first-order valence-electron chi connectivity index (χ1n) is 10.6. The Hall–Kier alpha value is -3.61. The number of fused-ring (bicyclic) bond motifs is 1. The van der Waals surface area contributed by atoms with Gasteiger partial charge in [0.25, 0.3) is 5.91 Å². The molecule has 4 heterocycles. The zero-order chi connectivity index (χ0) is 21.4. The highest BCUT2D eigenvalue weighted by molar-refractivity contribution is 5.97. The van der Waals surface area contributed by atoms with Gasteiger partial charge < -0.3 is 4.90 Å². The van der Waals surface area contributed by atoms with Gasteiger partial charge in [0.05, 0.1) is 28.6 Å². The summed E-state index contributed by atoms with van der Waals surface area (Å²) in [4.78, 5) is 28.5. The molecule has 1 aliphatic rings. The Morgan fingerprint density at radius 1 is 1.06 bits per heavy atom. The molecule has 1 aliphatic heterocycles. The summed E-state index contributed by atoms with van der Waals surface area (Å²) in [6, 6.07) is 9.58. The van der Waals surface area contributed by atoms with Crippen molar-refractivity contribution < 1.29 is 4.79 Å². The Morgan fingerprint density at radius 3 is 2.65 bits per heavy atom. The van der Waals surface area contributed by atoms with Crippen molar-refractivity contribution in [1.82, 2.24) is 30.0 Å². The van der Waals surface area contributed by atoms with Crippen LogP contribution in [0.2, 0.25) is 0 Å². The Morgan fingerprint density at radius 2 is 1.84 bits per heavy atom. The number of likely N-dealkylation sites (tertiary alicyclic amines) is 1. The fourth-order valence-electron chi connectivity index (χ4n) is 4.31. The summed E-state index contributed by atoms with van der Waals surface area (Å²) < 4.78 is 0. The predicted molar refractivity (Wildman–Crippen MR) is 119 cm³/mol. The highest BCUT2D eigenvalue weighted by atomic mass is 16.2. The van der Waals surface area contributed by atoms with Crippen molar-refractivity contribution in [3.8, 4) is 11.1 Å². The second-order valence-electron chi connectivity index (χ2n) is 8.12. The lowest BCUT2D eigenvalue weighted by Crippen LogP contribution is -2.39. The van der Waals surface area contributed by atoms with Gasteiger partial charge in [0.1, 0.15) is 0 Å². The molecule has 7 nitrogen and oxygen atoms in total. The molecule has 0 aliphatic carbocycles. The molecule has 0 spiro atoms. The van der Waals surface area contributed by atoms with E-state index in [9.17, 15) is 4.79 Å². The van der Waals surface area contributed by atoms with Crippen LogP contribution in [0, 0.1) is 13.8 Å². The number of benzene rings is 1. The average molecular weight is 412 g/mol. The molecule has 5 rings (SSSR count). The first kappa shape index (κ1) is 19.4. The van der Waals surface area contributed by atoms with Crippen molar-refractivity contribution in [3.63, 3.8) is 0 Å². The summed E-state index contributed by atoms with van der Waals surface area (Å²) in [6.07, 6.45) is 7.41. The predicted octanol–water partition coefficient (Wildman–Crippen LogP) is 4.05. The number of pyridine rings is 1. The fourth-order valence-corrected chi connectivity index (χ4v) is 4.31. The molecule has 1 N–H and O–H groups in total. The number of hydrogen-bond donors (Lipinski definition) is 1. The second kappa shape index (κ2) is 7.91. The number of aromatic amines is 1. The molecular formula is C24H24N6O. The maximum absolute atomic E-state index is 13.3. The minimum Gasteiger partial charge on any atom is -0.338 e. The van der Waals surface area contributed by atoms with Crippen molar-refractivity contribution in [3.05, 3.63) is 71.6 Å². The Kier molecular flexibility index (Phi) is 4.94. The van der Waals surface area contributed by atoms with E-state index in [4.69, 9.17) is 0 Å². The molecule has 1 saturated heterocycles. The van der Waals surface area contributed by atoms with Gasteiger partial charge in [-0.05, 0) is 62.6 Å². The maximum Gasteiger partial charge on any atom is 0.253 e. The number of aryl methyl sites for hydroxylation is 2. The largest absolute Gasteiger partial charge is 0.338 e. The van der Waals surface area contributed by atoms with Gasteiger partial charge in [0.15, 0.2) is 0 Å². The van der Waals surface area contributed by atoms with Gasteiger partial charge in [0, 0.05) is 48.2 Å². The molecule has 0 radical (unpaired) electrons. The molecule has 0 bridgehead atoms. The molecule has 1 fully saturated rings. The quantitative estimate of drug-likeness (QED) is 0.548. The van der Waals surface area contributed by atoms with Gasteiger partial charge in [-0.25, -0.2) is 9.97 Å². The first-order valence-corrected chi connectivity index (χ1v) is 10.6. The minimum absolute atomic E-state index is 0.0385. The van der Waals surface area contributed by atoms with Crippen LogP contribution in [0.15, 0.2) is 48.9 Å². The van der Waals surface area contributed by atoms with Crippen LogP contribution in [-0.4, -0.2) is 49.0 Å². The number of amides is 1. The van der Waals surface area contributed by atoms with Crippen molar-refractivity contribution in [1.29, 1.82) is 0 Å². The van der Waals surface area contributed by atoms with E-state index in [2.05, 4.69) is 25.1 Å². The summed E-state index contributed by atoms with van der Waals surface area (Å²) in [7, 11) is 0.